The molecule has 0 aliphatic carbocycles. The van der Waals surface area contributed by atoms with E-state index in [1.165, 1.54) is 12.1 Å². The SMILES string of the molecule is Oc1ccccc1CN1CCc2onc(-c3cccc(F)c3)c2C1. The number of phenolic OH excluding ortho intramolecular Hbond substituents is 1. The molecule has 3 aromatic rings. The molecule has 4 nitrogen and oxygen atoms in total. The van der Waals surface area contributed by atoms with Gasteiger partial charge in [0.05, 0.1) is 0 Å². The van der Waals surface area contributed by atoms with Gasteiger partial charge in [-0.3, -0.25) is 4.90 Å². The zero-order chi connectivity index (χ0) is 16.5. The highest BCUT2D eigenvalue weighted by Crippen LogP contribution is 2.31. The van der Waals surface area contributed by atoms with Crippen molar-refractivity contribution in [2.75, 3.05) is 6.54 Å². The summed E-state index contributed by atoms with van der Waals surface area (Å²) >= 11 is 0. The summed E-state index contributed by atoms with van der Waals surface area (Å²) in [6, 6.07) is 13.8. The van der Waals surface area contributed by atoms with E-state index in [0.29, 0.717) is 24.5 Å². The first kappa shape index (κ1) is 14.9. The third-order valence-corrected chi connectivity index (χ3v) is 4.39. The quantitative estimate of drug-likeness (QED) is 0.797. The second kappa shape index (κ2) is 6.09. The molecule has 0 radical (unpaired) electrons. The van der Waals surface area contributed by atoms with Gasteiger partial charge in [0.25, 0.3) is 0 Å². The first-order valence-electron chi connectivity index (χ1n) is 7.93. The smallest absolute Gasteiger partial charge is 0.143 e. The Morgan fingerprint density at radius 1 is 1.17 bits per heavy atom. The molecule has 5 heteroatoms. The Kier molecular flexibility index (Phi) is 3.78. The lowest BCUT2D eigenvalue weighted by Crippen LogP contribution is -2.29. The Morgan fingerprint density at radius 3 is 2.88 bits per heavy atom. The maximum Gasteiger partial charge on any atom is 0.143 e. The molecule has 0 saturated carbocycles. The minimum atomic E-state index is -0.286. The molecule has 4 rings (SSSR count). The van der Waals surface area contributed by atoms with Crippen LogP contribution in [0.1, 0.15) is 16.9 Å². The van der Waals surface area contributed by atoms with Gasteiger partial charge in [0.15, 0.2) is 0 Å². The number of hydrogen-bond donors (Lipinski definition) is 1. The Labute approximate surface area is 139 Å². The minimum Gasteiger partial charge on any atom is -0.508 e. The second-order valence-corrected chi connectivity index (χ2v) is 6.03. The molecule has 2 aromatic carbocycles. The molecule has 0 saturated heterocycles. The van der Waals surface area contributed by atoms with E-state index in [-0.39, 0.29) is 5.82 Å². The fourth-order valence-corrected chi connectivity index (χ4v) is 3.15. The van der Waals surface area contributed by atoms with Crippen LogP contribution in [0.4, 0.5) is 4.39 Å². The van der Waals surface area contributed by atoms with Crippen molar-refractivity contribution in [2.24, 2.45) is 0 Å². The van der Waals surface area contributed by atoms with Crippen LogP contribution in [0.3, 0.4) is 0 Å². The van der Waals surface area contributed by atoms with Gasteiger partial charge >= 0.3 is 0 Å². The largest absolute Gasteiger partial charge is 0.508 e. The average Bonchev–Trinajstić information content (AvgIpc) is 3.00. The van der Waals surface area contributed by atoms with Crippen molar-refractivity contribution < 1.29 is 14.0 Å². The van der Waals surface area contributed by atoms with E-state index in [1.807, 2.05) is 24.3 Å². The van der Waals surface area contributed by atoms with Gasteiger partial charge in [-0.2, -0.15) is 0 Å². The molecule has 0 unspecified atom stereocenters. The van der Waals surface area contributed by atoms with Crippen LogP contribution in [0.5, 0.6) is 5.75 Å². The summed E-state index contributed by atoms with van der Waals surface area (Å²) < 4.78 is 19.0. The fraction of sp³-hybridized carbons (Fsp3) is 0.211. The standard InChI is InChI=1S/C19H17FN2O2/c20-15-6-3-5-13(10-15)19-16-12-22(9-8-18(16)24-21-19)11-14-4-1-2-7-17(14)23/h1-7,10,23H,8-9,11-12H2. The van der Waals surface area contributed by atoms with Crippen LogP contribution >= 0.6 is 0 Å². The third-order valence-electron chi connectivity index (χ3n) is 4.39. The highest BCUT2D eigenvalue weighted by Gasteiger charge is 2.25. The topological polar surface area (TPSA) is 49.5 Å². The molecule has 1 aliphatic heterocycles. The molecule has 0 bridgehead atoms. The summed E-state index contributed by atoms with van der Waals surface area (Å²) in [7, 11) is 0. The molecule has 0 amide bonds. The summed E-state index contributed by atoms with van der Waals surface area (Å²) in [5.41, 5.74) is 3.32. The minimum absolute atomic E-state index is 0.286. The lowest BCUT2D eigenvalue weighted by Gasteiger charge is -2.26. The third kappa shape index (κ3) is 2.78. The molecule has 2 heterocycles. The average molecular weight is 324 g/mol. The second-order valence-electron chi connectivity index (χ2n) is 6.03. The fourth-order valence-electron chi connectivity index (χ4n) is 3.15. The molecule has 1 aliphatic rings. The highest BCUT2D eigenvalue weighted by molar-refractivity contribution is 5.63. The Balaban J connectivity index is 1.61. The van der Waals surface area contributed by atoms with Crippen molar-refractivity contribution in [1.82, 2.24) is 10.1 Å². The summed E-state index contributed by atoms with van der Waals surface area (Å²) in [5.74, 6) is 0.882. The number of para-hydroxylation sites is 1. The maximum atomic E-state index is 13.5. The van der Waals surface area contributed by atoms with E-state index in [2.05, 4.69) is 10.1 Å². The maximum absolute atomic E-state index is 13.5. The number of rotatable bonds is 3. The molecule has 122 valence electrons. The zero-order valence-electron chi connectivity index (χ0n) is 13.1. The summed E-state index contributed by atoms with van der Waals surface area (Å²) in [6.45, 7) is 2.15. The predicted molar refractivity (Wildman–Crippen MR) is 87.8 cm³/mol. The zero-order valence-corrected chi connectivity index (χ0v) is 13.1. The van der Waals surface area contributed by atoms with Gasteiger partial charge in [0, 0.05) is 42.7 Å². The first-order valence-corrected chi connectivity index (χ1v) is 7.93. The van der Waals surface area contributed by atoms with Gasteiger partial charge in [0.1, 0.15) is 23.0 Å². The van der Waals surface area contributed by atoms with Crippen LogP contribution in [0.25, 0.3) is 11.3 Å². The van der Waals surface area contributed by atoms with E-state index < -0.39 is 0 Å². The first-order chi connectivity index (χ1) is 11.7. The van der Waals surface area contributed by atoms with Crippen molar-refractivity contribution >= 4 is 0 Å². The molecular formula is C19H17FN2O2. The molecule has 1 aromatic heterocycles. The lowest BCUT2D eigenvalue weighted by molar-refractivity contribution is 0.226. The van der Waals surface area contributed by atoms with Crippen LogP contribution in [-0.4, -0.2) is 21.7 Å². The molecule has 0 spiro atoms. The molecule has 24 heavy (non-hydrogen) atoms. The molecule has 0 fully saturated rings. The highest BCUT2D eigenvalue weighted by atomic mass is 19.1. The Morgan fingerprint density at radius 2 is 2.04 bits per heavy atom. The van der Waals surface area contributed by atoms with E-state index in [0.717, 1.165) is 35.4 Å². The van der Waals surface area contributed by atoms with Crippen LogP contribution < -0.4 is 0 Å². The number of nitrogens with zero attached hydrogens (tertiary/aromatic N) is 2. The summed E-state index contributed by atoms with van der Waals surface area (Å²) in [5, 5.41) is 14.1. The van der Waals surface area contributed by atoms with Crippen molar-refractivity contribution in [3.05, 3.63) is 71.2 Å². The molecule has 1 N–H and O–H groups in total. The number of aromatic hydroxyl groups is 1. The molecule has 0 atom stereocenters. The van der Waals surface area contributed by atoms with Crippen LogP contribution in [-0.2, 0) is 19.5 Å². The monoisotopic (exact) mass is 324 g/mol. The van der Waals surface area contributed by atoms with Gasteiger partial charge in [-0.1, -0.05) is 35.5 Å². The number of fused-ring (bicyclic) bond motifs is 1. The normalized spacial score (nSPS) is 14.5. The number of hydrogen-bond acceptors (Lipinski definition) is 4. The number of benzene rings is 2. The van der Waals surface area contributed by atoms with E-state index in [4.69, 9.17) is 4.52 Å². The van der Waals surface area contributed by atoms with Gasteiger partial charge in [-0.05, 0) is 18.2 Å². The van der Waals surface area contributed by atoms with E-state index in [1.54, 1.807) is 12.1 Å². The summed E-state index contributed by atoms with van der Waals surface area (Å²) in [6.07, 6.45) is 0.755. The summed E-state index contributed by atoms with van der Waals surface area (Å²) in [4.78, 5) is 2.23. The molecular weight excluding hydrogens is 307 g/mol. The number of halogens is 1. The van der Waals surface area contributed by atoms with Crippen molar-refractivity contribution in [1.29, 1.82) is 0 Å². The van der Waals surface area contributed by atoms with E-state index in [9.17, 15) is 9.50 Å². The predicted octanol–water partition coefficient (Wildman–Crippen LogP) is 3.74. The van der Waals surface area contributed by atoms with Gasteiger partial charge in [-0.25, -0.2) is 4.39 Å². The van der Waals surface area contributed by atoms with Crippen LogP contribution in [0.15, 0.2) is 53.1 Å². The van der Waals surface area contributed by atoms with Crippen molar-refractivity contribution in [3.8, 4) is 17.0 Å². The number of aromatic nitrogens is 1. The Hall–Kier alpha value is -2.66. The van der Waals surface area contributed by atoms with Crippen molar-refractivity contribution in [3.63, 3.8) is 0 Å². The van der Waals surface area contributed by atoms with Gasteiger partial charge in [0.2, 0.25) is 0 Å². The Bertz CT molecular complexity index is 875. The lowest BCUT2D eigenvalue weighted by atomic mass is 10.0. The van der Waals surface area contributed by atoms with Crippen LogP contribution in [0.2, 0.25) is 0 Å². The van der Waals surface area contributed by atoms with Gasteiger partial charge < -0.3 is 9.63 Å². The van der Waals surface area contributed by atoms with E-state index >= 15 is 0 Å². The van der Waals surface area contributed by atoms with Crippen LogP contribution in [0, 0.1) is 5.82 Å². The van der Waals surface area contributed by atoms with Crippen molar-refractivity contribution in [2.45, 2.75) is 19.5 Å². The number of phenols is 1. The van der Waals surface area contributed by atoms with Gasteiger partial charge in [-0.15, -0.1) is 0 Å².